The van der Waals surface area contributed by atoms with Gasteiger partial charge >= 0.3 is 6.01 Å². The van der Waals surface area contributed by atoms with Crippen molar-refractivity contribution >= 4 is 9.84 Å². The van der Waals surface area contributed by atoms with Gasteiger partial charge in [0.15, 0.2) is 14.9 Å². The van der Waals surface area contributed by atoms with Crippen LogP contribution in [0.2, 0.25) is 0 Å². The van der Waals surface area contributed by atoms with Gasteiger partial charge in [0.1, 0.15) is 12.3 Å². The molecule has 0 unspecified atom stereocenters. The van der Waals surface area contributed by atoms with Crippen LogP contribution in [0.3, 0.4) is 0 Å². The molecule has 0 N–H and O–H groups in total. The Labute approximate surface area is 159 Å². The number of fused-ring (bicyclic) bond motifs is 1. The molecule has 27 heavy (non-hydrogen) atoms. The summed E-state index contributed by atoms with van der Waals surface area (Å²) < 4.78 is 30.1. The molecule has 2 aromatic heterocycles. The zero-order chi connectivity index (χ0) is 19.3. The summed E-state index contributed by atoms with van der Waals surface area (Å²) in [6.07, 6.45) is 14.1. The molecule has 0 spiro atoms. The van der Waals surface area contributed by atoms with Crippen LogP contribution in [0.5, 0.6) is 6.01 Å². The van der Waals surface area contributed by atoms with Gasteiger partial charge in [0.25, 0.3) is 0 Å². The molecule has 0 bridgehead atoms. The van der Waals surface area contributed by atoms with Crippen molar-refractivity contribution in [2.45, 2.75) is 50.0 Å². The highest BCUT2D eigenvalue weighted by atomic mass is 32.2. The molecule has 2 heterocycles. The molecule has 0 saturated heterocycles. The molecule has 3 rings (SSSR count). The summed E-state index contributed by atoms with van der Waals surface area (Å²) in [7, 11) is -3.46. The van der Waals surface area contributed by atoms with Crippen LogP contribution in [0.25, 0.3) is 11.4 Å². The van der Waals surface area contributed by atoms with Crippen LogP contribution in [0.1, 0.15) is 43.2 Å². The molecule has 142 valence electrons. The van der Waals surface area contributed by atoms with Crippen LogP contribution in [0.15, 0.2) is 17.3 Å². The predicted octanol–water partition coefficient (Wildman–Crippen LogP) is 2.40. The summed E-state index contributed by atoms with van der Waals surface area (Å²) in [6, 6.07) is 2.02. The second-order valence-electron chi connectivity index (χ2n) is 6.56. The third kappa shape index (κ3) is 4.80. The third-order valence-electron chi connectivity index (χ3n) is 4.43. The topological polar surface area (TPSA) is 94.9 Å². The lowest BCUT2D eigenvalue weighted by molar-refractivity contribution is 0.297. The zero-order valence-electron chi connectivity index (χ0n) is 15.3. The number of aromatic nitrogens is 4. The number of hydrogen-bond acceptors (Lipinski definition) is 7. The van der Waals surface area contributed by atoms with Gasteiger partial charge in [-0.1, -0.05) is 17.9 Å². The Morgan fingerprint density at radius 2 is 1.93 bits per heavy atom. The molecule has 1 aliphatic rings. The predicted molar refractivity (Wildman–Crippen MR) is 101 cm³/mol. The molecule has 0 atom stereocenters. The number of terminal acetylenes is 1. The number of hydrogen-bond donors (Lipinski definition) is 0. The van der Waals surface area contributed by atoms with Gasteiger partial charge in [0.05, 0.1) is 11.9 Å². The Morgan fingerprint density at radius 1 is 1.15 bits per heavy atom. The van der Waals surface area contributed by atoms with Gasteiger partial charge in [-0.2, -0.15) is 10.1 Å². The zero-order valence-corrected chi connectivity index (χ0v) is 16.1. The van der Waals surface area contributed by atoms with Crippen molar-refractivity contribution in [2.24, 2.45) is 0 Å². The van der Waals surface area contributed by atoms with Crippen LogP contribution in [-0.2, 0) is 22.7 Å². The van der Waals surface area contributed by atoms with Crippen molar-refractivity contribution < 1.29 is 13.2 Å². The lowest BCUT2D eigenvalue weighted by Crippen LogP contribution is -2.12. The average Bonchev–Trinajstić information content (AvgIpc) is 2.61. The van der Waals surface area contributed by atoms with Gasteiger partial charge < -0.3 is 4.74 Å². The highest BCUT2D eigenvalue weighted by molar-refractivity contribution is 7.90. The molecule has 2 aromatic rings. The van der Waals surface area contributed by atoms with Crippen LogP contribution < -0.4 is 4.74 Å². The molecule has 8 heteroatoms. The first-order valence-corrected chi connectivity index (χ1v) is 10.9. The van der Waals surface area contributed by atoms with E-state index in [0.717, 1.165) is 49.7 Å². The summed E-state index contributed by atoms with van der Waals surface area (Å²) >= 11 is 0. The minimum atomic E-state index is -3.46. The first-order valence-electron chi connectivity index (χ1n) is 8.98. The maximum absolute atomic E-state index is 12.4. The first-order chi connectivity index (χ1) is 13.0. The maximum atomic E-state index is 12.4. The van der Waals surface area contributed by atoms with Crippen LogP contribution in [0.4, 0.5) is 0 Å². The minimum absolute atomic E-state index is 0.0946. The summed E-state index contributed by atoms with van der Waals surface area (Å²) in [6.45, 7) is 0.286. The molecule has 0 aromatic carbocycles. The fraction of sp³-hybridized carbons (Fsp3) is 0.474. The fourth-order valence-corrected chi connectivity index (χ4v) is 4.12. The first kappa shape index (κ1) is 19.2. The summed E-state index contributed by atoms with van der Waals surface area (Å²) in [5.41, 5.74) is 2.75. The van der Waals surface area contributed by atoms with Gasteiger partial charge in [-0.15, -0.1) is 12.3 Å². The SMILES string of the molecule is C#CCCOc1nncc(-c2cc3c(c(S(C)(=O)=O)n2)CCCCCC3)n1. The number of sulfone groups is 1. The van der Waals surface area contributed by atoms with E-state index in [1.807, 2.05) is 6.07 Å². The van der Waals surface area contributed by atoms with E-state index < -0.39 is 9.84 Å². The number of pyridine rings is 1. The second-order valence-corrected chi connectivity index (χ2v) is 8.49. The van der Waals surface area contributed by atoms with Gasteiger partial charge in [-0.3, -0.25) is 0 Å². The Balaban J connectivity index is 2.05. The molecule has 0 amide bonds. The number of rotatable bonds is 5. The third-order valence-corrected chi connectivity index (χ3v) is 5.47. The van der Waals surface area contributed by atoms with Gasteiger partial charge in [0, 0.05) is 12.7 Å². The highest BCUT2D eigenvalue weighted by Crippen LogP contribution is 2.29. The smallest absolute Gasteiger partial charge is 0.336 e. The van der Waals surface area contributed by atoms with Crippen molar-refractivity contribution in [3.63, 3.8) is 0 Å². The van der Waals surface area contributed by atoms with Crippen LogP contribution in [-0.4, -0.2) is 41.4 Å². The van der Waals surface area contributed by atoms with Crippen molar-refractivity contribution in [1.82, 2.24) is 20.2 Å². The lowest BCUT2D eigenvalue weighted by Gasteiger charge is -2.17. The summed E-state index contributed by atoms with van der Waals surface area (Å²) in [5, 5.41) is 7.87. The van der Waals surface area contributed by atoms with E-state index in [1.54, 1.807) is 0 Å². The standard InChI is InChI=1S/C19H22N4O3S/c1-3-4-11-26-19-22-17(13-20-23-19)16-12-14-9-7-5-6-8-10-15(14)18(21-16)27(2,24)25/h1,12-13H,4-11H2,2H3. The Morgan fingerprint density at radius 3 is 2.67 bits per heavy atom. The van der Waals surface area contributed by atoms with Crippen molar-refractivity contribution in [1.29, 1.82) is 0 Å². The van der Waals surface area contributed by atoms with Crippen LogP contribution >= 0.6 is 0 Å². The Kier molecular flexibility index (Phi) is 6.01. The van der Waals surface area contributed by atoms with Crippen molar-refractivity contribution in [3.05, 3.63) is 23.4 Å². The van der Waals surface area contributed by atoms with E-state index in [0.29, 0.717) is 17.8 Å². The number of aryl methyl sites for hydroxylation is 1. The quantitative estimate of drug-likeness (QED) is 0.575. The van der Waals surface area contributed by atoms with Crippen molar-refractivity contribution in [3.8, 4) is 29.7 Å². The normalized spacial score (nSPS) is 14.5. The maximum Gasteiger partial charge on any atom is 0.336 e. The van der Waals surface area contributed by atoms with Gasteiger partial charge in [-0.25, -0.2) is 13.4 Å². The molecule has 0 aliphatic heterocycles. The molecule has 0 radical (unpaired) electrons. The summed E-state index contributed by atoms with van der Waals surface area (Å²) in [5.74, 6) is 2.47. The highest BCUT2D eigenvalue weighted by Gasteiger charge is 2.22. The molecule has 0 saturated carbocycles. The molecular weight excluding hydrogens is 364 g/mol. The molecule has 0 fully saturated rings. The second kappa shape index (κ2) is 8.44. The van der Waals surface area contributed by atoms with Crippen molar-refractivity contribution in [2.75, 3.05) is 12.9 Å². The van der Waals surface area contributed by atoms with E-state index >= 15 is 0 Å². The van der Waals surface area contributed by atoms with E-state index in [-0.39, 0.29) is 17.6 Å². The van der Waals surface area contributed by atoms with E-state index in [4.69, 9.17) is 11.2 Å². The monoisotopic (exact) mass is 386 g/mol. The summed E-state index contributed by atoms with van der Waals surface area (Å²) in [4.78, 5) is 8.74. The molecule has 7 nitrogen and oxygen atoms in total. The Hall–Kier alpha value is -2.53. The molecule has 1 aliphatic carbocycles. The van der Waals surface area contributed by atoms with Gasteiger partial charge in [0.2, 0.25) is 0 Å². The van der Waals surface area contributed by atoms with Gasteiger partial charge in [-0.05, 0) is 42.9 Å². The fourth-order valence-electron chi connectivity index (χ4n) is 3.17. The van der Waals surface area contributed by atoms with E-state index in [1.165, 1.54) is 12.5 Å². The Bertz CT molecular complexity index is 967. The largest absolute Gasteiger partial charge is 0.461 e. The van der Waals surface area contributed by atoms with E-state index in [9.17, 15) is 8.42 Å². The lowest BCUT2D eigenvalue weighted by atomic mass is 9.94. The van der Waals surface area contributed by atoms with Crippen LogP contribution in [0, 0.1) is 12.3 Å². The minimum Gasteiger partial charge on any atom is -0.461 e. The number of ether oxygens (including phenoxy) is 1. The average molecular weight is 386 g/mol. The number of nitrogens with zero attached hydrogens (tertiary/aromatic N) is 4. The van der Waals surface area contributed by atoms with E-state index in [2.05, 4.69) is 26.1 Å². The molecular formula is C19H22N4O3S.